The summed E-state index contributed by atoms with van der Waals surface area (Å²) in [5, 5.41) is 0. The van der Waals surface area contributed by atoms with E-state index in [-0.39, 0.29) is 5.91 Å². The van der Waals surface area contributed by atoms with Crippen molar-refractivity contribution < 1.29 is 4.79 Å². The van der Waals surface area contributed by atoms with Gasteiger partial charge in [-0.05, 0) is 25.6 Å². The van der Waals surface area contributed by atoms with Gasteiger partial charge in [-0.1, -0.05) is 37.3 Å². The summed E-state index contributed by atoms with van der Waals surface area (Å²) in [6.45, 7) is 9.96. The van der Waals surface area contributed by atoms with Crippen LogP contribution in [0.2, 0.25) is 0 Å². The Balaban J connectivity index is 2.61. The molecule has 3 heteroatoms. The highest BCUT2D eigenvalue weighted by Crippen LogP contribution is 2.11. The number of nitrogens with zero attached hydrogens (tertiary/aromatic N) is 2. The first-order chi connectivity index (χ1) is 8.54. The summed E-state index contributed by atoms with van der Waals surface area (Å²) >= 11 is 0. The van der Waals surface area contributed by atoms with Crippen LogP contribution in [-0.4, -0.2) is 37.5 Å². The highest BCUT2D eigenvalue weighted by atomic mass is 16.2. The van der Waals surface area contributed by atoms with E-state index >= 15 is 0 Å². The molecule has 1 amide bonds. The first-order valence-corrected chi connectivity index (χ1v) is 6.23. The smallest absolute Gasteiger partial charge is 0.240 e. The van der Waals surface area contributed by atoms with Gasteiger partial charge in [0.15, 0.2) is 0 Å². The number of hydrogen-bond acceptors (Lipinski definition) is 2. The van der Waals surface area contributed by atoms with E-state index in [4.69, 9.17) is 0 Å². The molecule has 3 nitrogen and oxygen atoms in total. The van der Waals surface area contributed by atoms with Crippen LogP contribution in [0, 0.1) is 0 Å². The molecule has 0 N–H and O–H groups in total. The summed E-state index contributed by atoms with van der Waals surface area (Å²) in [5.74, 6) is 0.101. The quantitative estimate of drug-likeness (QED) is 0.720. The number of anilines is 1. The minimum absolute atomic E-state index is 0.101. The molecule has 0 saturated carbocycles. The molecule has 0 fully saturated rings. The van der Waals surface area contributed by atoms with Crippen LogP contribution in [0.5, 0.6) is 0 Å². The second kappa shape index (κ2) is 6.97. The zero-order valence-electron chi connectivity index (χ0n) is 11.5. The van der Waals surface area contributed by atoms with Crippen LogP contribution in [0.1, 0.15) is 13.8 Å². The van der Waals surface area contributed by atoms with Gasteiger partial charge in [-0.3, -0.25) is 9.69 Å². The molecule has 1 aromatic rings. The van der Waals surface area contributed by atoms with Gasteiger partial charge in [0, 0.05) is 19.3 Å². The molecule has 1 rings (SSSR count). The molecule has 0 saturated heterocycles. The van der Waals surface area contributed by atoms with Crippen molar-refractivity contribution in [3.63, 3.8) is 0 Å². The summed E-state index contributed by atoms with van der Waals surface area (Å²) in [5.41, 5.74) is 2.00. The van der Waals surface area contributed by atoms with Crippen molar-refractivity contribution in [2.45, 2.75) is 13.8 Å². The fraction of sp³-hybridized carbons (Fsp3) is 0.400. The van der Waals surface area contributed by atoms with Crippen molar-refractivity contribution in [3.8, 4) is 0 Å². The van der Waals surface area contributed by atoms with Gasteiger partial charge in [0.2, 0.25) is 5.91 Å². The van der Waals surface area contributed by atoms with E-state index in [1.54, 1.807) is 4.90 Å². The van der Waals surface area contributed by atoms with Gasteiger partial charge in [-0.15, -0.1) is 0 Å². The van der Waals surface area contributed by atoms with Gasteiger partial charge in [0.1, 0.15) is 0 Å². The minimum Gasteiger partial charge on any atom is -0.314 e. The van der Waals surface area contributed by atoms with Crippen LogP contribution in [0.15, 0.2) is 42.5 Å². The summed E-state index contributed by atoms with van der Waals surface area (Å²) in [4.78, 5) is 15.9. The fourth-order valence-corrected chi connectivity index (χ4v) is 1.75. The van der Waals surface area contributed by atoms with E-state index in [2.05, 4.69) is 18.4 Å². The molecule has 0 aliphatic heterocycles. The van der Waals surface area contributed by atoms with Gasteiger partial charge >= 0.3 is 0 Å². The molecule has 0 aliphatic rings. The predicted octanol–water partition coefficient (Wildman–Crippen LogP) is 2.55. The highest BCUT2D eigenvalue weighted by Gasteiger charge is 2.14. The standard InChI is InChI=1S/C15H22N2O/c1-5-17(11-13(2)3)12-15(18)16(4)14-9-7-6-8-10-14/h6-10H,2,5,11-12H2,1,3-4H3. The maximum atomic E-state index is 12.1. The Labute approximate surface area is 110 Å². The monoisotopic (exact) mass is 246 g/mol. The van der Waals surface area contributed by atoms with E-state index in [0.717, 1.165) is 24.4 Å². The van der Waals surface area contributed by atoms with Gasteiger partial charge in [0.25, 0.3) is 0 Å². The number of amides is 1. The van der Waals surface area contributed by atoms with Crippen LogP contribution in [0.25, 0.3) is 0 Å². The topological polar surface area (TPSA) is 23.6 Å². The van der Waals surface area contributed by atoms with E-state index in [1.807, 2.05) is 44.3 Å². The summed E-state index contributed by atoms with van der Waals surface area (Å²) in [7, 11) is 1.81. The summed E-state index contributed by atoms with van der Waals surface area (Å²) in [6, 6.07) is 9.69. The van der Waals surface area contributed by atoms with Crippen molar-refractivity contribution in [1.82, 2.24) is 4.90 Å². The van der Waals surface area contributed by atoms with Crippen molar-refractivity contribution in [2.24, 2.45) is 0 Å². The normalized spacial score (nSPS) is 10.4. The third kappa shape index (κ3) is 4.34. The number of likely N-dealkylation sites (N-methyl/N-ethyl adjacent to an activating group) is 2. The number of carbonyl (C=O) groups is 1. The average molecular weight is 246 g/mol. The third-order valence-corrected chi connectivity index (χ3v) is 2.82. The lowest BCUT2D eigenvalue weighted by Gasteiger charge is -2.24. The molecule has 0 atom stereocenters. The van der Waals surface area contributed by atoms with Crippen LogP contribution in [0.4, 0.5) is 5.69 Å². The molecular formula is C15H22N2O. The minimum atomic E-state index is 0.101. The zero-order valence-corrected chi connectivity index (χ0v) is 11.5. The van der Waals surface area contributed by atoms with Crippen LogP contribution < -0.4 is 4.90 Å². The Morgan fingerprint density at radius 1 is 1.22 bits per heavy atom. The molecule has 1 aromatic carbocycles. The molecule has 0 radical (unpaired) electrons. The Morgan fingerprint density at radius 2 is 1.83 bits per heavy atom. The SMILES string of the molecule is C=C(C)CN(CC)CC(=O)N(C)c1ccccc1. The number of para-hydroxylation sites is 1. The second-order valence-electron chi connectivity index (χ2n) is 4.55. The third-order valence-electron chi connectivity index (χ3n) is 2.82. The molecule has 98 valence electrons. The van der Waals surface area contributed by atoms with Crippen molar-refractivity contribution in [1.29, 1.82) is 0 Å². The average Bonchev–Trinajstić information content (AvgIpc) is 2.37. The molecular weight excluding hydrogens is 224 g/mol. The van der Waals surface area contributed by atoms with Gasteiger partial charge < -0.3 is 4.90 Å². The lowest BCUT2D eigenvalue weighted by atomic mass is 10.2. The van der Waals surface area contributed by atoms with Gasteiger partial charge in [-0.25, -0.2) is 0 Å². The maximum Gasteiger partial charge on any atom is 0.240 e. The number of benzene rings is 1. The predicted molar refractivity (Wildman–Crippen MR) is 76.8 cm³/mol. The lowest BCUT2D eigenvalue weighted by Crippen LogP contribution is -2.39. The van der Waals surface area contributed by atoms with Gasteiger partial charge in [-0.2, -0.15) is 0 Å². The lowest BCUT2D eigenvalue weighted by molar-refractivity contribution is -0.119. The molecule has 0 aliphatic carbocycles. The molecule has 0 spiro atoms. The maximum absolute atomic E-state index is 12.1. The summed E-state index contributed by atoms with van der Waals surface area (Å²) in [6.07, 6.45) is 0. The zero-order chi connectivity index (χ0) is 13.5. The fourth-order valence-electron chi connectivity index (χ4n) is 1.75. The largest absolute Gasteiger partial charge is 0.314 e. The van der Waals surface area contributed by atoms with E-state index in [0.29, 0.717) is 6.54 Å². The van der Waals surface area contributed by atoms with Crippen LogP contribution in [0.3, 0.4) is 0 Å². The Hall–Kier alpha value is -1.61. The van der Waals surface area contributed by atoms with Crippen molar-refractivity contribution >= 4 is 11.6 Å². The molecule has 0 aromatic heterocycles. The first-order valence-electron chi connectivity index (χ1n) is 6.23. The molecule has 0 unspecified atom stereocenters. The number of rotatable bonds is 6. The second-order valence-corrected chi connectivity index (χ2v) is 4.55. The number of carbonyl (C=O) groups excluding carboxylic acids is 1. The van der Waals surface area contributed by atoms with E-state index in [9.17, 15) is 4.79 Å². The van der Waals surface area contributed by atoms with E-state index < -0.39 is 0 Å². The highest BCUT2D eigenvalue weighted by molar-refractivity contribution is 5.94. The van der Waals surface area contributed by atoms with Gasteiger partial charge in [0.05, 0.1) is 6.54 Å². The van der Waals surface area contributed by atoms with E-state index in [1.165, 1.54) is 0 Å². The summed E-state index contributed by atoms with van der Waals surface area (Å²) < 4.78 is 0. The molecule has 0 heterocycles. The Morgan fingerprint density at radius 3 is 2.33 bits per heavy atom. The Kier molecular flexibility index (Phi) is 5.59. The van der Waals surface area contributed by atoms with Crippen molar-refractivity contribution in [2.75, 3.05) is 31.6 Å². The number of hydrogen-bond donors (Lipinski definition) is 0. The van der Waals surface area contributed by atoms with Crippen molar-refractivity contribution in [3.05, 3.63) is 42.5 Å². The van der Waals surface area contributed by atoms with Crippen LogP contribution >= 0.6 is 0 Å². The van der Waals surface area contributed by atoms with Crippen LogP contribution in [-0.2, 0) is 4.79 Å². The Bertz CT molecular complexity index is 400. The first kappa shape index (κ1) is 14.5. The molecule has 0 bridgehead atoms. The molecule has 18 heavy (non-hydrogen) atoms.